The number of aldehydes is 1. The molecular formula is C12H15ClN2O2. The molecule has 0 spiro atoms. The van der Waals surface area contributed by atoms with Gasteiger partial charge in [0.05, 0.1) is 0 Å². The number of terminal acetylenes is 1. The number of carbonyl (C=O) groups is 2. The van der Waals surface area contributed by atoms with Crippen LogP contribution in [0.2, 0.25) is 5.02 Å². The summed E-state index contributed by atoms with van der Waals surface area (Å²) in [6.07, 6.45) is 9.13. The van der Waals surface area contributed by atoms with Crippen molar-refractivity contribution in [2.24, 2.45) is 0 Å². The van der Waals surface area contributed by atoms with Crippen LogP contribution in [0, 0.1) is 12.8 Å². The fourth-order valence-electron chi connectivity index (χ4n) is 1.11. The normalized spacial score (nSPS) is 8.18. The van der Waals surface area contributed by atoms with Gasteiger partial charge in [0.15, 0.2) is 5.78 Å². The molecule has 0 aliphatic carbocycles. The zero-order valence-electron chi connectivity index (χ0n) is 9.36. The molecule has 0 fully saturated rings. The van der Waals surface area contributed by atoms with Crippen LogP contribution in [0.1, 0.15) is 23.2 Å². The highest BCUT2D eigenvalue weighted by Gasteiger charge is 2.08. The molecule has 1 aromatic rings. The van der Waals surface area contributed by atoms with E-state index in [0.717, 1.165) is 0 Å². The highest BCUT2D eigenvalue weighted by Crippen LogP contribution is 2.19. The van der Waals surface area contributed by atoms with Crippen LogP contribution in [-0.4, -0.2) is 12.1 Å². The highest BCUT2D eigenvalue weighted by molar-refractivity contribution is 6.31. The van der Waals surface area contributed by atoms with Crippen molar-refractivity contribution in [2.75, 3.05) is 5.73 Å². The number of nitrogens with two attached hydrogens (primary N) is 1. The van der Waals surface area contributed by atoms with Gasteiger partial charge < -0.3 is 16.7 Å². The van der Waals surface area contributed by atoms with Gasteiger partial charge >= 0.3 is 0 Å². The van der Waals surface area contributed by atoms with E-state index in [1.54, 1.807) is 12.1 Å². The average molecular weight is 255 g/mol. The van der Waals surface area contributed by atoms with Gasteiger partial charge in [-0.3, -0.25) is 4.79 Å². The SMILES string of the molecule is C#C.N.Nc1cc(Cl)ccc1C(=O)CCC=O. The third-order valence-electron chi connectivity index (χ3n) is 1.80. The number of Topliss-reactive ketones (excluding diaryl/α,β-unsaturated/α-hetero) is 1. The molecule has 1 aromatic carbocycles. The zero-order chi connectivity index (χ0) is 12.6. The molecule has 5 N–H and O–H groups in total. The molecule has 0 aliphatic heterocycles. The van der Waals surface area contributed by atoms with Crippen LogP contribution in [0.3, 0.4) is 0 Å². The van der Waals surface area contributed by atoms with Crippen molar-refractivity contribution < 1.29 is 9.59 Å². The van der Waals surface area contributed by atoms with Crippen LogP contribution in [0.15, 0.2) is 18.2 Å². The van der Waals surface area contributed by atoms with Crippen LogP contribution in [0.25, 0.3) is 0 Å². The van der Waals surface area contributed by atoms with E-state index in [2.05, 4.69) is 12.8 Å². The van der Waals surface area contributed by atoms with Crippen LogP contribution in [-0.2, 0) is 4.79 Å². The van der Waals surface area contributed by atoms with Crippen LogP contribution < -0.4 is 11.9 Å². The summed E-state index contributed by atoms with van der Waals surface area (Å²) in [5.74, 6) is -0.133. The number of nitrogen functional groups attached to an aromatic ring is 1. The van der Waals surface area contributed by atoms with Gasteiger partial charge in [0.1, 0.15) is 6.29 Å². The molecular weight excluding hydrogens is 240 g/mol. The molecule has 0 radical (unpaired) electrons. The van der Waals surface area contributed by atoms with E-state index in [-0.39, 0.29) is 24.8 Å². The monoisotopic (exact) mass is 254 g/mol. The van der Waals surface area contributed by atoms with Crippen LogP contribution in [0.5, 0.6) is 0 Å². The van der Waals surface area contributed by atoms with Crippen molar-refractivity contribution in [3.8, 4) is 12.8 Å². The summed E-state index contributed by atoms with van der Waals surface area (Å²) in [6, 6.07) is 4.70. The third-order valence-corrected chi connectivity index (χ3v) is 2.04. The number of halogens is 1. The Balaban J connectivity index is 0. The first kappa shape index (κ1) is 17.6. The molecule has 0 aliphatic rings. The van der Waals surface area contributed by atoms with Crippen LogP contribution >= 0.6 is 11.6 Å². The van der Waals surface area contributed by atoms with E-state index in [1.165, 1.54) is 6.07 Å². The number of hydrogen-bond donors (Lipinski definition) is 2. The molecule has 0 atom stereocenters. The van der Waals surface area contributed by atoms with E-state index in [1.807, 2.05) is 0 Å². The van der Waals surface area contributed by atoms with Crippen molar-refractivity contribution in [2.45, 2.75) is 12.8 Å². The van der Waals surface area contributed by atoms with Crippen molar-refractivity contribution in [3.63, 3.8) is 0 Å². The Bertz CT molecular complexity index is 403. The standard InChI is InChI=1S/C10H10ClNO2.C2H2.H3N/c11-7-3-4-8(9(12)6-7)10(14)2-1-5-13;1-2;/h3-6H,1-2,12H2;1-2H;1H3. The summed E-state index contributed by atoms with van der Waals surface area (Å²) in [7, 11) is 0. The Labute approximate surface area is 106 Å². The van der Waals surface area contributed by atoms with E-state index >= 15 is 0 Å². The van der Waals surface area contributed by atoms with Gasteiger partial charge in [0.2, 0.25) is 0 Å². The number of anilines is 1. The molecule has 0 amide bonds. The fourth-order valence-corrected chi connectivity index (χ4v) is 1.29. The van der Waals surface area contributed by atoms with Gasteiger partial charge in [-0.1, -0.05) is 11.6 Å². The first-order chi connectivity index (χ1) is 7.65. The maximum absolute atomic E-state index is 11.5. The van der Waals surface area contributed by atoms with Gasteiger partial charge in [-0.25, -0.2) is 0 Å². The lowest BCUT2D eigenvalue weighted by atomic mass is 10.1. The van der Waals surface area contributed by atoms with Crippen molar-refractivity contribution in [3.05, 3.63) is 28.8 Å². The van der Waals surface area contributed by atoms with Crippen LogP contribution in [0.4, 0.5) is 5.69 Å². The minimum Gasteiger partial charge on any atom is -0.398 e. The molecule has 0 aromatic heterocycles. The first-order valence-corrected chi connectivity index (χ1v) is 4.88. The molecule has 17 heavy (non-hydrogen) atoms. The maximum Gasteiger partial charge on any atom is 0.165 e. The lowest BCUT2D eigenvalue weighted by Crippen LogP contribution is -2.03. The van der Waals surface area contributed by atoms with E-state index in [4.69, 9.17) is 17.3 Å². The zero-order valence-corrected chi connectivity index (χ0v) is 10.1. The molecule has 92 valence electrons. The number of hydrogen-bond acceptors (Lipinski definition) is 4. The lowest BCUT2D eigenvalue weighted by molar-refractivity contribution is -0.107. The predicted octanol–water partition coefficient (Wildman–Crippen LogP) is 2.50. The van der Waals surface area contributed by atoms with Crippen molar-refractivity contribution in [1.82, 2.24) is 6.15 Å². The molecule has 0 heterocycles. The molecule has 0 unspecified atom stereocenters. The first-order valence-electron chi connectivity index (χ1n) is 4.50. The summed E-state index contributed by atoms with van der Waals surface area (Å²) in [5.41, 5.74) is 6.38. The van der Waals surface area contributed by atoms with E-state index in [0.29, 0.717) is 22.6 Å². The molecule has 0 bridgehead atoms. The highest BCUT2D eigenvalue weighted by atomic mass is 35.5. The Morgan fingerprint density at radius 1 is 1.41 bits per heavy atom. The third kappa shape index (κ3) is 5.71. The largest absolute Gasteiger partial charge is 0.398 e. The second-order valence-electron chi connectivity index (χ2n) is 2.86. The Morgan fingerprint density at radius 3 is 2.47 bits per heavy atom. The van der Waals surface area contributed by atoms with E-state index in [9.17, 15) is 9.59 Å². The molecule has 0 saturated carbocycles. The maximum atomic E-state index is 11.5. The molecule has 0 saturated heterocycles. The van der Waals surface area contributed by atoms with Gasteiger partial charge in [0.25, 0.3) is 0 Å². The fraction of sp³-hybridized carbons (Fsp3) is 0.167. The second-order valence-corrected chi connectivity index (χ2v) is 3.30. The number of ketones is 1. The number of benzene rings is 1. The number of carbonyl (C=O) groups excluding carboxylic acids is 2. The molecule has 5 heteroatoms. The smallest absolute Gasteiger partial charge is 0.165 e. The second kappa shape index (κ2) is 9.40. The summed E-state index contributed by atoms with van der Waals surface area (Å²) < 4.78 is 0. The lowest BCUT2D eigenvalue weighted by Gasteiger charge is -2.03. The van der Waals surface area contributed by atoms with Gasteiger partial charge in [-0.05, 0) is 18.2 Å². The molecule has 1 rings (SSSR count). The van der Waals surface area contributed by atoms with E-state index < -0.39 is 0 Å². The Morgan fingerprint density at radius 2 is 2.00 bits per heavy atom. The van der Waals surface area contributed by atoms with Gasteiger partial charge in [0, 0.05) is 29.1 Å². The predicted molar refractivity (Wildman–Crippen MR) is 70.4 cm³/mol. The molecule has 4 nitrogen and oxygen atoms in total. The Kier molecular flexibility index (Phi) is 9.71. The quantitative estimate of drug-likeness (QED) is 0.373. The summed E-state index contributed by atoms with van der Waals surface area (Å²) >= 11 is 5.68. The Hall–Kier alpha value is -1.83. The van der Waals surface area contributed by atoms with Gasteiger partial charge in [-0.15, -0.1) is 12.8 Å². The topological polar surface area (TPSA) is 95.2 Å². The van der Waals surface area contributed by atoms with Gasteiger partial charge in [-0.2, -0.15) is 0 Å². The summed E-state index contributed by atoms with van der Waals surface area (Å²) in [4.78, 5) is 21.5. The van der Waals surface area contributed by atoms with Crippen molar-refractivity contribution >= 4 is 29.4 Å². The van der Waals surface area contributed by atoms with Crippen molar-refractivity contribution in [1.29, 1.82) is 0 Å². The number of rotatable bonds is 4. The summed E-state index contributed by atoms with van der Waals surface area (Å²) in [5, 5.41) is 0.495. The average Bonchev–Trinajstić information content (AvgIpc) is 2.28. The minimum atomic E-state index is -0.133. The minimum absolute atomic E-state index is 0. The summed E-state index contributed by atoms with van der Waals surface area (Å²) in [6.45, 7) is 0.